The molecule has 106 valence electrons. The fourth-order valence-corrected chi connectivity index (χ4v) is 3.32. The Morgan fingerprint density at radius 1 is 0.905 bits per heavy atom. The molecule has 0 heterocycles. The highest BCUT2D eigenvalue weighted by Gasteiger charge is 2.59. The standard InChI is InChI=1S/C17H14O4/c18-15(19)17(16(20)21)13-9-5-4-8-12(13)10-14(17)11-6-2-1-3-7-11/h1-9,14H,10H2,(H,18,19)(H,20,21). The van der Waals surface area contributed by atoms with Crippen molar-refractivity contribution in [1.29, 1.82) is 0 Å². The molecule has 1 aliphatic carbocycles. The fourth-order valence-electron chi connectivity index (χ4n) is 3.32. The first-order valence-electron chi connectivity index (χ1n) is 6.68. The van der Waals surface area contributed by atoms with Crippen LogP contribution in [0.5, 0.6) is 0 Å². The van der Waals surface area contributed by atoms with Crippen LogP contribution in [0.1, 0.15) is 22.6 Å². The SMILES string of the molecule is O=C(O)C1(C(=O)O)c2ccccc2CC1c1ccccc1. The normalized spacial score (nSPS) is 19.0. The maximum absolute atomic E-state index is 11.9. The molecule has 0 aliphatic heterocycles. The van der Waals surface area contributed by atoms with Crippen LogP contribution in [-0.4, -0.2) is 22.2 Å². The van der Waals surface area contributed by atoms with E-state index in [4.69, 9.17) is 0 Å². The zero-order valence-corrected chi connectivity index (χ0v) is 11.2. The van der Waals surface area contributed by atoms with Gasteiger partial charge in [0.2, 0.25) is 0 Å². The number of carboxylic acids is 2. The summed E-state index contributed by atoms with van der Waals surface area (Å²) in [7, 11) is 0. The summed E-state index contributed by atoms with van der Waals surface area (Å²) < 4.78 is 0. The van der Waals surface area contributed by atoms with Crippen molar-refractivity contribution < 1.29 is 19.8 Å². The number of aliphatic carboxylic acids is 2. The third-order valence-electron chi connectivity index (χ3n) is 4.27. The summed E-state index contributed by atoms with van der Waals surface area (Å²) in [6.07, 6.45) is 0.415. The summed E-state index contributed by atoms with van der Waals surface area (Å²) in [4.78, 5) is 23.9. The summed E-state index contributed by atoms with van der Waals surface area (Å²) in [5, 5.41) is 19.5. The summed E-state index contributed by atoms with van der Waals surface area (Å²) in [5.74, 6) is -3.23. The van der Waals surface area contributed by atoms with Gasteiger partial charge in [0.15, 0.2) is 5.41 Å². The molecule has 0 fully saturated rings. The molecule has 0 radical (unpaired) electrons. The van der Waals surface area contributed by atoms with E-state index in [2.05, 4.69) is 0 Å². The van der Waals surface area contributed by atoms with Crippen LogP contribution in [0, 0.1) is 0 Å². The van der Waals surface area contributed by atoms with Gasteiger partial charge >= 0.3 is 11.9 Å². The summed E-state index contributed by atoms with van der Waals surface area (Å²) in [5.41, 5.74) is -0.00805. The molecule has 0 aromatic heterocycles. The Morgan fingerprint density at radius 2 is 1.48 bits per heavy atom. The second kappa shape index (κ2) is 4.74. The Balaban J connectivity index is 2.27. The van der Waals surface area contributed by atoms with Gasteiger partial charge in [0.1, 0.15) is 0 Å². The molecule has 2 N–H and O–H groups in total. The third-order valence-corrected chi connectivity index (χ3v) is 4.27. The molecule has 2 aromatic rings. The Kier molecular flexibility index (Phi) is 3.01. The van der Waals surface area contributed by atoms with E-state index in [9.17, 15) is 19.8 Å². The molecular formula is C17H14O4. The monoisotopic (exact) mass is 282 g/mol. The minimum absolute atomic E-state index is 0.388. The first-order chi connectivity index (χ1) is 10.1. The molecular weight excluding hydrogens is 268 g/mol. The number of carbonyl (C=O) groups is 2. The first-order valence-corrected chi connectivity index (χ1v) is 6.68. The highest BCUT2D eigenvalue weighted by molar-refractivity contribution is 6.07. The van der Waals surface area contributed by atoms with E-state index in [0.717, 1.165) is 11.1 Å². The largest absolute Gasteiger partial charge is 0.480 e. The fraction of sp³-hybridized carbons (Fsp3) is 0.176. The lowest BCUT2D eigenvalue weighted by atomic mass is 9.72. The maximum Gasteiger partial charge on any atom is 0.326 e. The van der Waals surface area contributed by atoms with Crippen molar-refractivity contribution in [2.75, 3.05) is 0 Å². The predicted molar refractivity (Wildman–Crippen MR) is 76.3 cm³/mol. The van der Waals surface area contributed by atoms with Crippen LogP contribution < -0.4 is 0 Å². The van der Waals surface area contributed by atoms with Gasteiger partial charge in [-0.05, 0) is 23.1 Å². The van der Waals surface area contributed by atoms with Crippen molar-refractivity contribution in [3.63, 3.8) is 0 Å². The minimum Gasteiger partial charge on any atom is -0.480 e. The second-order valence-corrected chi connectivity index (χ2v) is 5.24. The molecule has 4 nitrogen and oxygen atoms in total. The van der Waals surface area contributed by atoms with Crippen molar-refractivity contribution in [1.82, 2.24) is 0 Å². The average Bonchev–Trinajstić information content (AvgIpc) is 2.84. The van der Waals surface area contributed by atoms with Crippen LogP contribution in [0.4, 0.5) is 0 Å². The molecule has 0 bridgehead atoms. The molecule has 1 unspecified atom stereocenters. The third kappa shape index (κ3) is 1.76. The smallest absolute Gasteiger partial charge is 0.326 e. The molecule has 21 heavy (non-hydrogen) atoms. The Labute approximate surface area is 121 Å². The highest BCUT2D eigenvalue weighted by atomic mass is 16.4. The zero-order chi connectivity index (χ0) is 15.0. The Bertz CT molecular complexity index is 692. The molecule has 3 rings (SSSR count). The van der Waals surface area contributed by atoms with E-state index in [0.29, 0.717) is 12.0 Å². The quantitative estimate of drug-likeness (QED) is 0.848. The lowest BCUT2D eigenvalue weighted by molar-refractivity contribution is -0.158. The van der Waals surface area contributed by atoms with Gasteiger partial charge in [-0.1, -0.05) is 54.6 Å². The first kappa shape index (κ1) is 13.4. The van der Waals surface area contributed by atoms with Crippen LogP contribution in [0.25, 0.3) is 0 Å². The van der Waals surface area contributed by atoms with E-state index in [1.807, 2.05) is 6.07 Å². The number of benzene rings is 2. The van der Waals surface area contributed by atoms with Crippen LogP contribution in [-0.2, 0) is 21.4 Å². The summed E-state index contributed by atoms with van der Waals surface area (Å²) >= 11 is 0. The highest BCUT2D eigenvalue weighted by Crippen LogP contribution is 2.49. The van der Waals surface area contributed by atoms with Gasteiger partial charge in [0.25, 0.3) is 0 Å². The molecule has 0 amide bonds. The number of rotatable bonds is 3. The number of carboxylic acid groups (broad SMARTS) is 2. The van der Waals surface area contributed by atoms with Crippen LogP contribution in [0.15, 0.2) is 54.6 Å². The molecule has 0 saturated heterocycles. The number of hydrogen-bond donors (Lipinski definition) is 2. The summed E-state index contributed by atoms with van der Waals surface area (Å²) in [6, 6.07) is 15.9. The van der Waals surface area contributed by atoms with E-state index in [1.54, 1.807) is 48.5 Å². The predicted octanol–water partition coefficient (Wildman–Crippen LogP) is 2.43. The van der Waals surface area contributed by atoms with E-state index in [1.165, 1.54) is 0 Å². The number of fused-ring (bicyclic) bond motifs is 1. The second-order valence-electron chi connectivity index (χ2n) is 5.24. The van der Waals surface area contributed by atoms with Gasteiger partial charge in [0.05, 0.1) is 0 Å². The van der Waals surface area contributed by atoms with Gasteiger partial charge in [-0.25, -0.2) is 0 Å². The summed E-state index contributed by atoms with van der Waals surface area (Å²) in [6.45, 7) is 0. The zero-order valence-electron chi connectivity index (χ0n) is 11.2. The van der Waals surface area contributed by atoms with Gasteiger partial charge in [-0.15, -0.1) is 0 Å². The molecule has 1 atom stereocenters. The molecule has 0 spiro atoms. The van der Waals surface area contributed by atoms with Crippen LogP contribution in [0.2, 0.25) is 0 Å². The lowest BCUT2D eigenvalue weighted by Crippen LogP contribution is -2.46. The van der Waals surface area contributed by atoms with Crippen LogP contribution in [0.3, 0.4) is 0 Å². The lowest BCUT2D eigenvalue weighted by Gasteiger charge is -2.28. The van der Waals surface area contributed by atoms with E-state index >= 15 is 0 Å². The molecule has 4 heteroatoms. The van der Waals surface area contributed by atoms with Crippen molar-refractivity contribution in [2.24, 2.45) is 0 Å². The molecule has 2 aromatic carbocycles. The van der Waals surface area contributed by atoms with Crippen molar-refractivity contribution >= 4 is 11.9 Å². The van der Waals surface area contributed by atoms with Gasteiger partial charge in [0, 0.05) is 5.92 Å². The van der Waals surface area contributed by atoms with Gasteiger partial charge < -0.3 is 10.2 Å². The number of hydrogen-bond acceptors (Lipinski definition) is 2. The van der Waals surface area contributed by atoms with Gasteiger partial charge in [-0.2, -0.15) is 0 Å². The van der Waals surface area contributed by atoms with Crippen molar-refractivity contribution in [2.45, 2.75) is 17.8 Å². The van der Waals surface area contributed by atoms with Crippen LogP contribution >= 0.6 is 0 Å². The van der Waals surface area contributed by atoms with Crippen molar-refractivity contribution in [3.8, 4) is 0 Å². The van der Waals surface area contributed by atoms with Crippen molar-refractivity contribution in [3.05, 3.63) is 71.3 Å². The van der Waals surface area contributed by atoms with E-state index in [-0.39, 0.29) is 0 Å². The molecule has 1 aliphatic rings. The Hall–Kier alpha value is -2.62. The van der Waals surface area contributed by atoms with E-state index < -0.39 is 23.3 Å². The minimum atomic E-state index is -1.92. The topological polar surface area (TPSA) is 74.6 Å². The Morgan fingerprint density at radius 3 is 2.10 bits per heavy atom. The maximum atomic E-state index is 11.9. The molecule has 0 saturated carbocycles. The van der Waals surface area contributed by atoms with Gasteiger partial charge in [-0.3, -0.25) is 9.59 Å². The average molecular weight is 282 g/mol.